The molecule has 3 aromatic rings. The second-order valence-corrected chi connectivity index (χ2v) is 7.26. The fraction of sp³-hybridized carbons (Fsp3) is 0.316. The number of aromatic amines is 1. The number of nitrogens with one attached hydrogen (secondary N) is 2. The molecule has 2 aromatic heterocycles. The smallest absolute Gasteiger partial charge is 0.271 e. The van der Waals surface area contributed by atoms with E-state index in [1.54, 1.807) is 6.20 Å². The minimum Gasteiger partial charge on any atom is -0.350 e. The Balaban J connectivity index is 1.70. The minimum atomic E-state index is -0.151. The Labute approximate surface area is 156 Å². The molecular weight excluding hydrogens is 350 g/mol. The third-order valence-electron chi connectivity index (χ3n) is 4.73. The molecule has 1 aliphatic heterocycles. The van der Waals surface area contributed by atoms with Gasteiger partial charge in [-0.25, -0.2) is 9.97 Å². The van der Waals surface area contributed by atoms with Crippen LogP contribution in [0.4, 0.5) is 0 Å². The number of nitrogens with zero attached hydrogens (tertiary/aromatic N) is 3. The van der Waals surface area contributed by atoms with Crippen LogP contribution in [-0.4, -0.2) is 32.0 Å². The quantitative estimate of drug-likeness (QED) is 0.741. The van der Waals surface area contributed by atoms with Gasteiger partial charge in [0.2, 0.25) is 0 Å². The second kappa shape index (κ2) is 6.61. The van der Waals surface area contributed by atoms with Crippen LogP contribution in [0, 0.1) is 0 Å². The van der Waals surface area contributed by atoms with Crippen LogP contribution in [-0.2, 0) is 6.42 Å². The summed E-state index contributed by atoms with van der Waals surface area (Å²) in [5, 5.41) is 3.68. The Bertz CT molecular complexity index is 941. The molecule has 1 amide bonds. The van der Waals surface area contributed by atoms with E-state index in [0.29, 0.717) is 29.5 Å². The zero-order valence-electron chi connectivity index (χ0n) is 14.7. The molecular formula is C19H20ClN5O. The van der Waals surface area contributed by atoms with Crippen LogP contribution in [0.5, 0.6) is 0 Å². The number of fused-ring (bicyclic) bond motifs is 1. The highest BCUT2D eigenvalue weighted by Gasteiger charge is 2.27. The lowest BCUT2D eigenvalue weighted by atomic mass is 9.94. The van der Waals surface area contributed by atoms with E-state index in [4.69, 9.17) is 11.6 Å². The number of aromatic nitrogens is 4. The van der Waals surface area contributed by atoms with Crippen LogP contribution in [0.25, 0.3) is 11.6 Å². The predicted molar refractivity (Wildman–Crippen MR) is 100 cm³/mol. The lowest BCUT2D eigenvalue weighted by Gasteiger charge is -2.15. The van der Waals surface area contributed by atoms with Gasteiger partial charge in [0.15, 0.2) is 11.6 Å². The lowest BCUT2D eigenvalue weighted by molar-refractivity contribution is 0.0950. The van der Waals surface area contributed by atoms with E-state index in [1.807, 2.05) is 35.0 Å². The van der Waals surface area contributed by atoms with Gasteiger partial charge in [-0.3, -0.25) is 4.79 Å². The molecule has 134 valence electrons. The number of halogens is 1. The summed E-state index contributed by atoms with van der Waals surface area (Å²) in [7, 11) is 0. The number of rotatable bonds is 3. The zero-order chi connectivity index (χ0) is 18.3. The first kappa shape index (κ1) is 16.8. The first-order chi connectivity index (χ1) is 12.5. The number of carbonyl (C=O) groups excluding carboxylic acids is 1. The van der Waals surface area contributed by atoms with Crippen molar-refractivity contribution in [1.82, 2.24) is 24.8 Å². The van der Waals surface area contributed by atoms with Crippen LogP contribution < -0.4 is 5.32 Å². The Kier molecular flexibility index (Phi) is 4.28. The molecule has 1 aliphatic rings. The molecule has 0 radical (unpaired) electrons. The van der Waals surface area contributed by atoms with E-state index in [1.165, 1.54) is 0 Å². The number of hydrogen-bond donors (Lipinski definition) is 2. The first-order valence-electron chi connectivity index (χ1n) is 8.68. The topological polar surface area (TPSA) is 75.6 Å². The summed E-state index contributed by atoms with van der Waals surface area (Å²) in [6, 6.07) is 8.03. The summed E-state index contributed by atoms with van der Waals surface area (Å²) in [6.07, 6.45) is 4.37. The number of carbonyl (C=O) groups is 1. The van der Waals surface area contributed by atoms with Crippen LogP contribution in [0.2, 0.25) is 5.02 Å². The fourth-order valence-corrected chi connectivity index (χ4v) is 3.48. The third kappa shape index (κ3) is 3.01. The maximum absolute atomic E-state index is 12.5. The molecule has 1 atom stereocenters. The van der Waals surface area contributed by atoms with Gasteiger partial charge < -0.3 is 14.9 Å². The van der Waals surface area contributed by atoms with Crippen LogP contribution in [0.1, 0.15) is 47.6 Å². The monoisotopic (exact) mass is 369 g/mol. The first-order valence-corrected chi connectivity index (χ1v) is 9.06. The van der Waals surface area contributed by atoms with Crippen molar-refractivity contribution < 1.29 is 4.79 Å². The Morgan fingerprint density at radius 1 is 1.27 bits per heavy atom. The van der Waals surface area contributed by atoms with Crippen LogP contribution >= 0.6 is 11.6 Å². The molecule has 0 fully saturated rings. The maximum Gasteiger partial charge on any atom is 0.271 e. The highest BCUT2D eigenvalue weighted by molar-refractivity contribution is 6.30. The van der Waals surface area contributed by atoms with E-state index in [9.17, 15) is 4.79 Å². The van der Waals surface area contributed by atoms with Crippen molar-refractivity contribution in [3.05, 3.63) is 58.6 Å². The van der Waals surface area contributed by atoms with Gasteiger partial charge >= 0.3 is 0 Å². The molecule has 7 heteroatoms. The molecule has 0 spiro atoms. The second-order valence-electron chi connectivity index (χ2n) is 6.83. The summed E-state index contributed by atoms with van der Waals surface area (Å²) < 4.78 is 2.03. The molecule has 0 bridgehead atoms. The normalized spacial score (nSPS) is 17.1. The molecule has 2 N–H and O–H groups in total. The minimum absolute atomic E-state index is 0.151. The highest BCUT2D eigenvalue weighted by atomic mass is 35.5. The Hall–Kier alpha value is -2.60. The number of benzene rings is 1. The molecule has 6 nitrogen and oxygen atoms in total. The third-order valence-corrected chi connectivity index (χ3v) is 4.98. The van der Waals surface area contributed by atoms with Gasteiger partial charge in [-0.15, -0.1) is 0 Å². The van der Waals surface area contributed by atoms with Crippen molar-refractivity contribution in [1.29, 1.82) is 0 Å². The van der Waals surface area contributed by atoms with Crippen molar-refractivity contribution in [3.63, 3.8) is 0 Å². The van der Waals surface area contributed by atoms with Gasteiger partial charge in [0.25, 0.3) is 5.91 Å². The van der Waals surface area contributed by atoms with Gasteiger partial charge in [0, 0.05) is 41.6 Å². The Morgan fingerprint density at radius 2 is 2.04 bits per heavy atom. The van der Waals surface area contributed by atoms with Gasteiger partial charge in [-0.2, -0.15) is 0 Å². The van der Waals surface area contributed by atoms with E-state index >= 15 is 0 Å². The predicted octanol–water partition coefficient (Wildman–Crippen LogP) is 3.58. The fourth-order valence-electron chi connectivity index (χ4n) is 3.35. The number of hydrogen-bond acceptors (Lipinski definition) is 3. The number of imidazole rings is 2. The van der Waals surface area contributed by atoms with Gasteiger partial charge in [0.05, 0.1) is 0 Å². The standard InChI is InChI=1S/C19H20ClN5O/c1-11(2)25-8-7-21-18(25)17-23-15-9-13(10-22-19(26)16(15)24-17)12-3-5-14(20)6-4-12/h3-8,11,13H,9-10H2,1-2H3,(H,22,26)(H,23,24). The lowest BCUT2D eigenvalue weighted by Crippen LogP contribution is -2.26. The van der Waals surface area contributed by atoms with E-state index in [-0.39, 0.29) is 17.9 Å². The summed E-state index contributed by atoms with van der Waals surface area (Å²) in [5.41, 5.74) is 2.44. The van der Waals surface area contributed by atoms with Crippen LogP contribution in [0.3, 0.4) is 0 Å². The Morgan fingerprint density at radius 3 is 2.77 bits per heavy atom. The molecule has 4 rings (SSSR count). The maximum atomic E-state index is 12.5. The SMILES string of the molecule is CC(C)n1ccnc1-c1nc2c([nH]1)CC(c1ccc(Cl)cc1)CNC2=O. The average Bonchev–Trinajstić information content (AvgIpc) is 3.23. The van der Waals surface area contributed by atoms with E-state index in [0.717, 1.165) is 17.1 Å². The number of H-pyrrole nitrogens is 1. The average molecular weight is 370 g/mol. The summed E-state index contributed by atoms with van der Waals surface area (Å²) >= 11 is 5.99. The summed E-state index contributed by atoms with van der Waals surface area (Å²) in [6.45, 7) is 4.74. The van der Waals surface area contributed by atoms with E-state index in [2.05, 4.69) is 34.1 Å². The van der Waals surface area contributed by atoms with E-state index < -0.39 is 0 Å². The zero-order valence-corrected chi connectivity index (χ0v) is 15.4. The molecule has 26 heavy (non-hydrogen) atoms. The molecule has 1 aromatic carbocycles. The molecule has 3 heterocycles. The van der Waals surface area contributed by atoms with Crippen molar-refractivity contribution >= 4 is 17.5 Å². The van der Waals surface area contributed by atoms with Gasteiger partial charge in [-0.1, -0.05) is 23.7 Å². The molecule has 1 unspecified atom stereocenters. The summed E-state index contributed by atoms with van der Waals surface area (Å²) in [5.74, 6) is 1.38. The molecule has 0 saturated heterocycles. The number of amides is 1. The van der Waals surface area contributed by atoms with Crippen molar-refractivity contribution in [2.24, 2.45) is 0 Å². The van der Waals surface area contributed by atoms with Crippen molar-refractivity contribution in [2.45, 2.75) is 32.2 Å². The van der Waals surface area contributed by atoms with Crippen molar-refractivity contribution in [2.75, 3.05) is 6.54 Å². The van der Waals surface area contributed by atoms with Crippen LogP contribution in [0.15, 0.2) is 36.7 Å². The van der Waals surface area contributed by atoms with Gasteiger partial charge in [0.1, 0.15) is 5.69 Å². The largest absolute Gasteiger partial charge is 0.350 e. The highest BCUT2D eigenvalue weighted by Crippen LogP contribution is 2.27. The van der Waals surface area contributed by atoms with Crippen molar-refractivity contribution in [3.8, 4) is 11.6 Å². The summed E-state index contributed by atoms with van der Waals surface area (Å²) in [4.78, 5) is 24.8. The molecule has 0 aliphatic carbocycles. The molecule has 0 saturated carbocycles. The van der Waals surface area contributed by atoms with Gasteiger partial charge in [-0.05, 0) is 38.0 Å².